The second-order valence-electron chi connectivity index (χ2n) is 3.65. The first-order valence-corrected chi connectivity index (χ1v) is 5.77. The Bertz CT molecular complexity index is 644. The van der Waals surface area contributed by atoms with E-state index in [-0.39, 0.29) is 0 Å². The molecule has 0 bridgehead atoms. The zero-order valence-corrected chi connectivity index (χ0v) is 10.3. The topological polar surface area (TPSA) is 42.2 Å². The van der Waals surface area contributed by atoms with Crippen molar-refractivity contribution >= 4 is 24.3 Å². The molecule has 0 unspecified atom stereocenters. The summed E-state index contributed by atoms with van der Waals surface area (Å²) in [5.41, 5.74) is 1.66. The highest BCUT2D eigenvalue weighted by atomic mass is 32.1. The fourth-order valence-corrected chi connectivity index (χ4v) is 1.89. The van der Waals surface area contributed by atoms with Gasteiger partial charge in [-0.05, 0) is 24.3 Å². The predicted molar refractivity (Wildman–Crippen MR) is 73.3 cm³/mol. The lowest BCUT2D eigenvalue weighted by atomic mass is 10.2. The van der Waals surface area contributed by atoms with Gasteiger partial charge in [-0.25, -0.2) is 4.79 Å². The number of benzene rings is 1. The van der Waals surface area contributed by atoms with Crippen LogP contribution in [-0.4, -0.2) is 15.6 Å². The molecule has 18 heavy (non-hydrogen) atoms. The van der Waals surface area contributed by atoms with E-state index in [4.69, 9.17) is 17.3 Å². The molecule has 0 aliphatic rings. The summed E-state index contributed by atoms with van der Waals surface area (Å²) in [6.07, 6.45) is 4.44. The number of rotatable bonds is 3. The number of carboxylic acid groups (broad SMARTS) is 1. The minimum Gasteiger partial charge on any atom is -0.478 e. The van der Waals surface area contributed by atoms with Crippen molar-refractivity contribution in [2.24, 2.45) is 0 Å². The molecule has 0 saturated carbocycles. The molecule has 2 rings (SSSR count). The second-order valence-corrected chi connectivity index (χ2v) is 4.03. The number of carbonyl (C=O) groups is 1. The van der Waals surface area contributed by atoms with E-state index in [1.165, 1.54) is 6.08 Å². The molecule has 0 aliphatic carbocycles. The highest BCUT2D eigenvalue weighted by molar-refractivity contribution is 7.71. The highest BCUT2D eigenvalue weighted by Gasteiger charge is 1.99. The van der Waals surface area contributed by atoms with Crippen LogP contribution in [0.1, 0.15) is 5.56 Å². The van der Waals surface area contributed by atoms with E-state index in [1.54, 1.807) is 6.07 Å². The number of hydrogen-bond donors (Lipinski definition) is 1. The van der Waals surface area contributed by atoms with E-state index < -0.39 is 5.97 Å². The van der Waals surface area contributed by atoms with Gasteiger partial charge in [-0.15, -0.1) is 0 Å². The standard InChI is InChI=1S/C14H11NO2S/c16-13(17)9-8-11-5-4-10-15(14(11)18)12-6-2-1-3-7-12/h1-10H,(H,16,17). The SMILES string of the molecule is O=C(O)C=Cc1cccn(-c2ccccc2)c1=S. The average Bonchev–Trinajstić information content (AvgIpc) is 2.38. The first kappa shape index (κ1) is 12.3. The lowest BCUT2D eigenvalue weighted by Gasteiger charge is -2.07. The lowest BCUT2D eigenvalue weighted by molar-refractivity contribution is -0.131. The lowest BCUT2D eigenvalue weighted by Crippen LogP contribution is -1.97. The molecule has 3 nitrogen and oxygen atoms in total. The monoisotopic (exact) mass is 257 g/mol. The van der Waals surface area contributed by atoms with Crippen molar-refractivity contribution in [1.82, 2.24) is 4.57 Å². The van der Waals surface area contributed by atoms with Gasteiger partial charge in [0.2, 0.25) is 0 Å². The van der Waals surface area contributed by atoms with E-state index in [0.29, 0.717) is 10.2 Å². The van der Waals surface area contributed by atoms with Crippen LogP contribution in [-0.2, 0) is 4.79 Å². The third-order valence-corrected chi connectivity index (χ3v) is 2.85. The molecule has 0 fully saturated rings. The van der Waals surface area contributed by atoms with Crippen LogP contribution < -0.4 is 0 Å². The van der Waals surface area contributed by atoms with Crippen LogP contribution in [0, 0.1) is 4.64 Å². The first-order valence-electron chi connectivity index (χ1n) is 5.36. The molecule has 0 spiro atoms. The molecule has 0 amide bonds. The molecule has 0 aliphatic heterocycles. The molecular weight excluding hydrogens is 246 g/mol. The first-order chi connectivity index (χ1) is 8.68. The van der Waals surface area contributed by atoms with Gasteiger partial charge in [0.1, 0.15) is 4.64 Å². The number of aromatic nitrogens is 1. The third kappa shape index (κ3) is 2.73. The molecule has 1 heterocycles. The Morgan fingerprint density at radius 3 is 2.56 bits per heavy atom. The van der Waals surface area contributed by atoms with Crippen molar-refractivity contribution in [2.45, 2.75) is 0 Å². The zero-order valence-electron chi connectivity index (χ0n) is 9.48. The third-order valence-electron chi connectivity index (χ3n) is 2.42. The van der Waals surface area contributed by atoms with Crippen LogP contribution in [0.4, 0.5) is 0 Å². The summed E-state index contributed by atoms with van der Waals surface area (Å²) < 4.78 is 2.43. The van der Waals surface area contributed by atoms with Crippen LogP contribution in [0.2, 0.25) is 0 Å². The second kappa shape index (κ2) is 5.42. The number of para-hydroxylation sites is 1. The van der Waals surface area contributed by atoms with Crippen LogP contribution in [0.5, 0.6) is 0 Å². The van der Waals surface area contributed by atoms with Crippen molar-refractivity contribution in [2.75, 3.05) is 0 Å². The van der Waals surface area contributed by atoms with E-state index >= 15 is 0 Å². The maximum atomic E-state index is 10.5. The van der Waals surface area contributed by atoms with Gasteiger partial charge in [0, 0.05) is 23.5 Å². The van der Waals surface area contributed by atoms with Crippen molar-refractivity contribution in [3.63, 3.8) is 0 Å². The van der Waals surface area contributed by atoms with E-state index in [9.17, 15) is 4.79 Å². The maximum Gasteiger partial charge on any atom is 0.328 e. The average molecular weight is 257 g/mol. The molecule has 1 N–H and O–H groups in total. The number of hydrogen-bond acceptors (Lipinski definition) is 2. The highest BCUT2D eigenvalue weighted by Crippen LogP contribution is 2.12. The summed E-state index contributed by atoms with van der Waals surface area (Å²) in [4.78, 5) is 10.5. The minimum absolute atomic E-state index is 0.584. The van der Waals surface area contributed by atoms with Gasteiger partial charge < -0.3 is 9.67 Å². The Balaban J connectivity index is 2.49. The number of carboxylic acids is 1. The Hall–Kier alpha value is -2.20. The van der Waals surface area contributed by atoms with Gasteiger partial charge in [0.15, 0.2) is 0 Å². The van der Waals surface area contributed by atoms with Crippen LogP contribution in [0.15, 0.2) is 54.7 Å². The summed E-state index contributed by atoms with van der Waals surface area (Å²) >= 11 is 5.34. The van der Waals surface area contributed by atoms with E-state index in [2.05, 4.69) is 0 Å². The van der Waals surface area contributed by atoms with Crippen molar-refractivity contribution < 1.29 is 9.90 Å². The summed E-state index contributed by atoms with van der Waals surface area (Å²) in [5.74, 6) is -0.987. The molecule has 0 saturated heterocycles. The Labute approximate surface area is 110 Å². The quantitative estimate of drug-likeness (QED) is 0.677. The zero-order chi connectivity index (χ0) is 13.0. The molecule has 2 aromatic rings. The van der Waals surface area contributed by atoms with Gasteiger partial charge in [0.05, 0.1) is 0 Å². The smallest absolute Gasteiger partial charge is 0.328 e. The van der Waals surface area contributed by atoms with Gasteiger partial charge >= 0.3 is 5.97 Å². The summed E-state index contributed by atoms with van der Waals surface area (Å²) in [7, 11) is 0. The molecule has 0 atom stereocenters. The number of aliphatic carboxylic acids is 1. The Morgan fingerprint density at radius 2 is 1.89 bits per heavy atom. The largest absolute Gasteiger partial charge is 0.478 e. The molecular formula is C14H11NO2S. The van der Waals surface area contributed by atoms with Gasteiger partial charge in [-0.1, -0.05) is 36.5 Å². The fraction of sp³-hybridized carbons (Fsp3) is 0. The van der Waals surface area contributed by atoms with E-state index in [0.717, 1.165) is 11.8 Å². The van der Waals surface area contributed by atoms with Crippen molar-refractivity contribution in [3.05, 3.63) is 64.9 Å². The van der Waals surface area contributed by atoms with Gasteiger partial charge in [0.25, 0.3) is 0 Å². The summed E-state index contributed by atoms with van der Waals surface area (Å²) in [5, 5.41) is 8.62. The van der Waals surface area contributed by atoms with Crippen LogP contribution in [0.3, 0.4) is 0 Å². The van der Waals surface area contributed by atoms with Crippen LogP contribution in [0.25, 0.3) is 11.8 Å². The van der Waals surface area contributed by atoms with Crippen LogP contribution >= 0.6 is 12.2 Å². The van der Waals surface area contributed by atoms with Crippen molar-refractivity contribution in [3.8, 4) is 5.69 Å². The van der Waals surface area contributed by atoms with Crippen molar-refractivity contribution in [1.29, 1.82) is 0 Å². The summed E-state index contributed by atoms with van der Waals surface area (Å²) in [6.45, 7) is 0. The Kier molecular flexibility index (Phi) is 3.69. The van der Waals surface area contributed by atoms with Gasteiger partial charge in [-0.2, -0.15) is 0 Å². The van der Waals surface area contributed by atoms with E-state index in [1.807, 2.05) is 47.2 Å². The van der Waals surface area contributed by atoms with Gasteiger partial charge in [-0.3, -0.25) is 0 Å². The fourth-order valence-electron chi connectivity index (χ4n) is 1.59. The normalized spacial score (nSPS) is 10.7. The predicted octanol–water partition coefficient (Wildman–Crippen LogP) is 3.30. The minimum atomic E-state index is -0.987. The molecule has 4 heteroatoms. The number of nitrogens with zero attached hydrogens (tertiary/aromatic N) is 1. The molecule has 0 radical (unpaired) electrons. The molecule has 1 aromatic carbocycles. The maximum absolute atomic E-state index is 10.5. The summed E-state index contributed by atoms with van der Waals surface area (Å²) in [6, 6.07) is 13.3. The number of pyridine rings is 1. The molecule has 1 aromatic heterocycles. The molecule has 90 valence electrons. The Morgan fingerprint density at radius 1 is 1.17 bits per heavy atom.